The Hall–Kier alpha value is -3.19. The number of amidine groups is 1. The first-order valence-electron chi connectivity index (χ1n) is 9.20. The largest absolute Gasteiger partial charge is 0.497 e. The molecule has 4 rings (SSSR count). The van der Waals surface area contributed by atoms with Gasteiger partial charge in [-0.3, -0.25) is 0 Å². The number of hydrazine groups is 1. The maximum absolute atomic E-state index is 6.28. The number of anilines is 1. The number of hydrogen-bond acceptors (Lipinski definition) is 6. The van der Waals surface area contributed by atoms with Crippen molar-refractivity contribution in [3.8, 4) is 11.5 Å². The van der Waals surface area contributed by atoms with Crippen LogP contribution in [0.15, 0.2) is 53.7 Å². The first kappa shape index (κ1) is 18.2. The van der Waals surface area contributed by atoms with E-state index in [2.05, 4.69) is 4.98 Å². The Morgan fingerprint density at radius 2 is 1.93 bits per heavy atom. The molecule has 0 saturated carbocycles. The molecule has 1 N–H and O–H groups in total. The fraction of sp³-hybridized carbons (Fsp3) is 0.286. The van der Waals surface area contributed by atoms with Gasteiger partial charge in [0.05, 0.1) is 19.4 Å². The second-order valence-electron chi connectivity index (χ2n) is 6.63. The number of hydrogen-bond donors (Lipinski definition) is 1. The summed E-state index contributed by atoms with van der Waals surface area (Å²) in [6.45, 7) is 2.45. The fourth-order valence-electron chi connectivity index (χ4n) is 3.32. The van der Waals surface area contributed by atoms with Gasteiger partial charge in [0.25, 0.3) is 0 Å². The van der Waals surface area contributed by atoms with Gasteiger partial charge in [-0.05, 0) is 49.4 Å². The van der Waals surface area contributed by atoms with Gasteiger partial charge in [0.15, 0.2) is 0 Å². The van der Waals surface area contributed by atoms with Gasteiger partial charge >= 0.3 is 6.02 Å². The molecule has 0 amide bonds. The van der Waals surface area contributed by atoms with E-state index in [9.17, 15) is 0 Å². The molecular weight excluding hydrogens is 356 g/mol. The van der Waals surface area contributed by atoms with Crippen molar-refractivity contribution in [1.29, 1.82) is 0 Å². The average molecular weight is 380 g/mol. The summed E-state index contributed by atoms with van der Waals surface area (Å²) in [5, 5.41) is 4.94. The average Bonchev–Trinajstić information content (AvgIpc) is 3.15. The Morgan fingerprint density at radius 3 is 2.68 bits per heavy atom. The molecule has 3 aromatic rings. The summed E-state index contributed by atoms with van der Waals surface area (Å²) >= 11 is 0. The molecule has 2 aromatic carbocycles. The Kier molecular flexibility index (Phi) is 4.83. The van der Waals surface area contributed by atoms with E-state index in [-0.39, 0.29) is 0 Å². The summed E-state index contributed by atoms with van der Waals surface area (Å²) in [6, 6.07) is 14.3. The van der Waals surface area contributed by atoms with E-state index in [0.29, 0.717) is 12.6 Å². The summed E-state index contributed by atoms with van der Waals surface area (Å²) in [5.41, 5.74) is 2.91. The lowest BCUT2D eigenvalue weighted by Crippen LogP contribution is -2.46. The highest BCUT2D eigenvalue weighted by molar-refractivity contribution is 5.94. The smallest absolute Gasteiger partial charge is 0.311 e. The van der Waals surface area contributed by atoms with Gasteiger partial charge in [-0.2, -0.15) is 4.99 Å². The summed E-state index contributed by atoms with van der Waals surface area (Å²) in [6.07, 6.45) is 1.37. The maximum Gasteiger partial charge on any atom is 0.311 e. The highest BCUT2D eigenvalue weighted by Gasteiger charge is 2.32. The number of ether oxygens (including phenoxy) is 3. The third kappa shape index (κ3) is 3.25. The molecule has 28 heavy (non-hydrogen) atoms. The highest BCUT2D eigenvalue weighted by atomic mass is 16.5. The quantitative estimate of drug-likeness (QED) is 0.726. The van der Waals surface area contributed by atoms with Crippen molar-refractivity contribution in [3.05, 3.63) is 54.2 Å². The van der Waals surface area contributed by atoms with E-state index in [4.69, 9.17) is 19.2 Å². The van der Waals surface area contributed by atoms with E-state index in [1.165, 1.54) is 0 Å². The zero-order chi connectivity index (χ0) is 19.7. The number of nitrogens with one attached hydrogen (secondary N) is 1. The Labute approximate surface area is 164 Å². The lowest BCUT2D eigenvalue weighted by molar-refractivity contribution is 0.196. The predicted octanol–water partition coefficient (Wildman–Crippen LogP) is 3.94. The van der Waals surface area contributed by atoms with Crippen molar-refractivity contribution < 1.29 is 14.2 Å². The summed E-state index contributed by atoms with van der Waals surface area (Å²) < 4.78 is 17.5. The molecule has 0 aliphatic carbocycles. The molecule has 1 atom stereocenters. The summed E-state index contributed by atoms with van der Waals surface area (Å²) in [4.78, 5) is 7.94. The van der Waals surface area contributed by atoms with E-state index >= 15 is 0 Å². The number of fused-ring (bicyclic) bond motifs is 2. The van der Waals surface area contributed by atoms with Crippen molar-refractivity contribution in [1.82, 2.24) is 9.99 Å². The second-order valence-corrected chi connectivity index (χ2v) is 6.63. The van der Waals surface area contributed by atoms with Crippen LogP contribution in [0.1, 0.15) is 18.7 Å². The maximum atomic E-state index is 6.28. The minimum atomic E-state index is -0.542. The third-order valence-electron chi connectivity index (χ3n) is 4.58. The molecule has 1 aliphatic rings. The number of nitrogens with zero attached hydrogens (tertiary/aromatic N) is 3. The molecule has 0 radical (unpaired) electrons. The normalized spacial score (nSPS) is 16.1. The minimum absolute atomic E-state index is 0.498. The van der Waals surface area contributed by atoms with Crippen LogP contribution in [0, 0.1) is 0 Å². The topological polar surface area (TPSA) is 62.3 Å². The van der Waals surface area contributed by atoms with Gasteiger partial charge in [0, 0.05) is 36.8 Å². The van der Waals surface area contributed by atoms with Crippen molar-refractivity contribution in [2.75, 3.05) is 32.8 Å². The van der Waals surface area contributed by atoms with Gasteiger partial charge in [-0.15, -0.1) is 0 Å². The predicted molar refractivity (Wildman–Crippen MR) is 110 cm³/mol. The molecule has 2 heterocycles. The number of rotatable bonds is 5. The van der Waals surface area contributed by atoms with Gasteiger partial charge in [-0.1, -0.05) is 0 Å². The van der Waals surface area contributed by atoms with Crippen LogP contribution in [0.25, 0.3) is 10.9 Å². The SMILES string of the molecule is CCOC1=NC(Oc2ccc3[nH]ccc3c2)c2cc(OC)ccc2N1N(C)C. The minimum Gasteiger partial charge on any atom is -0.497 e. The molecule has 7 nitrogen and oxygen atoms in total. The van der Waals surface area contributed by atoms with Gasteiger partial charge in [0.1, 0.15) is 11.5 Å². The number of benzene rings is 2. The number of methoxy groups -OCH3 is 1. The Morgan fingerprint density at radius 1 is 1.11 bits per heavy atom. The molecule has 1 unspecified atom stereocenters. The van der Waals surface area contributed by atoms with Crippen LogP contribution in [-0.2, 0) is 4.74 Å². The van der Waals surface area contributed by atoms with Crippen molar-refractivity contribution in [2.24, 2.45) is 4.99 Å². The molecule has 0 fully saturated rings. The monoisotopic (exact) mass is 380 g/mol. The lowest BCUT2D eigenvalue weighted by Gasteiger charge is -2.37. The standard InChI is InChI=1S/C21H24N4O3/c1-5-27-21-23-20(28-16-6-8-18-14(12-16)10-11-22-18)17-13-15(26-4)7-9-19(17)25(21)24(2)3/h6-13,20,22H,5H2,1-4H3. The van der Waals surface area contributed by atoms with Crippen LogP contribution in [0.4, 0.5) is 5.69 Å². The molecule has 1 aromatic heterocycles. The molecule has 7 heteroatoms. The zero-order valence-corrected chi connectivity index (χ0v) is 16.5. The van der Waals surface area contributed by atoms with Gasteiger partial charge in [0.2, 0.25) is 6.23 Å². The molecule has 146 valence electrons. The first-order chi connectivity index (χ1) is 13.6. The van der Waals surface area contributed by atoms with Crippen LogP contribution in [0.2, 0.25) is 0 Å². The molecular formula is C21H24N4O3. The van der Waals surface area contributed by atoms with E-state index in [0.717, 1.165) is 33.7 Å². The molecule has 0 spiro atoms. The first-order valence-corrected chi connectivity index (χ1v) is 9.20. The summed E-state index contributed by atoms with van der Waals surface area (Å²) in [7, 11) is 5.55. The van der Waals surface area contributed by atoms with E-state index in [1.807, 2.05) is 79.7 Å². The van der Waals surface area contributed by atoms with Crippen molar-refractivity contribution in [3.63, 3.8) is 0 Å². The van der Waals surface area contributed by atoms with Gasteiger partial charge < -0.3 is 19.2 Å². The van der Waals surface area contributed by atoms with Crippen molar-refractivity contribution >= 4 is 22.6 Å². The fourth-order valence-corrected chi connectivity index (χ4v) is 3.32. The Balaban J connectivity index is 1.77. The molecule has 0 bridgehead atoms. The van der Waals surface area contributed by atoms with E-state index in [1.54, 1.807) is 7.11 Å². The molecule has 0 saturated heterocycles. The van der Waals surface area contributed by atoms with Crippen LogP contribution in [0.5, 0.6) is 11.5 Å². The summed E-state index contributed by atoms with van der Waals surface area (Å²) in [5.74, 6) is 1.49. The zero-order valence-electron chi connectivity index (χ0n) is 16.5. The number of aromatic nitrogens is 1. The third-order valence-corrected chi connectivity index (χ3v) is 4.58. The van der Waals surface area contributed by atoms with Crippen LogP contribution >= 0.6 is 0 Å². The van der Waals surface area contributed by atoms with E-state index < -0.39 is 6.23 Å². The number of aromatic amines is 1. The van der Waals surface area contributed by atoms with Crippen LogP contribution in [-0.4, -0.2) is 43.8 Å². The number of aliphatic imine (C=N–C) groups is 1. The highest BCUT2D eigenvalue weighted by Crippen LogP contribution is 2.38. The van der Waals surface area contributed by atoms with Gasteiger partial charge in [-0.25, -0.2) is 10.0 Å². The number of H-pyrrole nitrogens is 1. The van der Waals surface area contributed by atoms with Crippen molar-refractivity contribution in [2.45, 2.75) is 13.2 Å². The van der Waals surface area contributed by atoms with Crippen LogP contribution < -0.4 is 14.5 Å². The second kappa shape index (κ2) is 7.44. The Bertz CT molecular complexity index is 1010. The van der Waals surface area contributed by atoms with Crippen LogP contribution in [0.3, 0.4) is 0 Å². The molecule has 1 aliphatic heterocycles. The lowest BCUT2D eigenvalue weighted by atomic mass is 10.1.